The van der Waals surface area contributed by atoms with E-state index < -0.39 is 0 Å². The lowest BCUT2D eigenvalue weighted by Crippen LogP contribution is -2.32. The lowest BCUT2D eigenvalue weighted by atomic mass is 10.1. The highest BCUT2D eigenvalue weighted by atomic mass is 35.5. The highest BCUT2D eigenvalue weighted by Crippen LogP contribution is 2.27. The molecule has 3 aromatic rings. The molecule has 0 fully saturated rings. The Balaban J connectivity index is 1.68. The van der Waals surface area contributed by atoms with Crippen molar-refractivity contribution in [1.82, 2.24) is 5.32 Å². The molecule has 1 atom stereocenters. The van der Waals surface area contributed by atoms with E-state index >= 15 is 0 Å². The van der Waals surface area contributed by atoms with Crippen molar-refractivity contribution < 1.29 is 9.53 Å². The van der Waals surface area contributed by atoms with Crippen LogP contribution in [0.1, 0.15) is 22.0 Å². The molecular weight excluding hydrogens is 368 g/mol. The van der Waals surface area contributed by atoms with Crippen LogP contribution in [-0.2, 0) is 4.79 Å². The Morgan fingerprint density at radius 3 is 2.65 bits per heavy atom. The molecule has 1 heterocycles. The number of nitriles is 1. The lowest BCUT2D eigenvalue weighted by molar-refractivity contribution is -0.123. The molecule has 1 unspecified atom stereocenters. The fourth-order valence-corrected chi connectivity index (χ4v) is 3.49. The van der Waals surface area contributed by atoms with Gasteiger partial charge in [0.15, 0.2) is 6.61 Å². The largest absolute Gasteiger partial charge is 0.482 e. The summed E-state index contributed by atoms with van der Waals surface area (Å²) in [6.07, 6.45) is 0. The van der Waals surface area contributed by atoms with E-state index in [0.29, 0.717) is 16.3 Å². The van der Waals surface area contributed by atoms with E-state index in [1.807, 2.05) is 53.9 Å². The summed E-state index contributed by atoms with van der Waals surface area (Å²) in [6, 6.07) is 20.2. The van der Waals surface area contributed by atoms with E-state index in [-0.39, 0.29) is 18.6 Å². The summed E-state index contributed by atoms with van der Waals surface area (Å²) >= 11 is 7.65. The molecule has 0 aliphatic rings. The van der Waals surface area contributed by atoms with E-state index in [0.717, 1.165) is 10.4 Å². The minimum Gasteiger partial charge on any atom is -0.482 e. The van der Waals surface area contributed by atoms with Crippen LogP contribution in [0.15, 0.2) is 66.0 Å². The van der Waals surface area contributed by atoms with Crippen molar-refractivity contribution in [1.29, 1.82) is 5.26 Å². The van der Waals surface area contributed by atoms with Crippen LogP contribution in [0.2, 0.25) is 5.02 Å². The maximum atomic E-state index is 12.4. The monoisotopic (exact) mass is 382 g/mol. The van der Waals surface area contributed by atoms with Gasteiger partial charge in [-0.05, 0) is 35.2 Å². The lowest BCUT2D eigenvalue weighted by Gasteiger charge is -2.18. The molecule has 0 aliphatic carbocycles. The van der Waals surface area contributed by atoms with Crippen molar-refractivity contribution in [2.45, 2.75) is 6.04 Å². The summed E-state index contributed by atoms with van der Waals surface area (Å²) in [7, 11) is 0. The predicted octanol–water partition coefficient (Wildman–Crippen LogP) is 4.56. The first-order valence-electron chi connectivity index (χ1n) is 7.87. The average Bonchev–Trinajstić information content (AvgIpc) is 3.20. The number of amides is 1. The van der Waals surface area contributed by atoms with E-state index in [1.54, 1.807) is 23.5 Å². The maximum absolute atomic E-state index is 12.4. The standard InChI is InChI=1S/C20H15ClN2O2S/c21-16-11-14(12-22)8-9-17(16)25-13-19(24)23-20(18-7-4-10-26-18)15-5-2-1-3-6-15/h1-11,20H,13H2,(H,23,24). The Morgan fingerprint density at radius 1 is 1.19 bits per heavy atom. The van der Waals surface area contributed by atoms with Crippen LogP contribution >= 0.6 is 22.9 Å². The molecule has 0 spiro atoms. The van der Waals surface area contributed by atoms with Crippen molar-refractivity contribution in [3.8, 4) is 11.8 Å². The quantitative estimate of drug-likeness (QED) is 0.679. The molecule has 130 valence electrons. The van der Waals surface area contributed by atoms with Crippen LogP contribution in [0.3, 0.4) is 0 Å². The van der Waals surface area contributed by atoms with Crippen molar-refractivity contribution in [3.05, 3.63) is 87.1 Å². The Kier molecular flexibility index (Phi) is 5.90. The van der Waals surface area contributed by atoms with Gasteiger partial charge in [0.05, 0.1) is 22.7 Å². The first-order chi connectivity index (χ1) is 12.7. The molecule has 0 radical (unpaired) electrons. The molecule has 2 aromatic carbocycles. The van der Waals surface area contributed by atoms with Gasteiger partial charge in [-0.2, -0.15) is 5.26 Å². The summed E-state index contributed by atoms with van der Waals surface area (Å²) < 4.78 is 5.50. The number of nitrogens with zero attached hydrogens (tertiary/aromatic N) is 1. The van der Waals surface area contributed by atoms with Crippen LogP contribution in [0.4, 0.5) is 0 Å². The van der Waals surface area contributed by atoms with Crippen molar-refractivity contribution >= 4 is 28.8 Å². The van der Waals surface area contributed by atoms with E-state index in [2.05, 4.69) is 5.32 Å². The third-order valence-electron chi connectivity index (χ3n) is 3.69. The SMILES string of the molecule is N#Cc1ccc(OCC(=O)NC(c2ccccc2)c2cccs2)c(Cl)c1. The topological polar surface area (TPSA) is 62.1 Å². The van der Waals surface area contributed by atoms with Gasteiger partial charge in [-0.25, -0.2) is 0 Å². The average molecular weight is 383 g/mol. The zero-order valence-corrected chi connectivity index (χ0v) is 15.3. The molecule has 4 nitrogen and oxygen atoms in total. The zero-order valence-electron chi connectivity index (χ0n) is 13.7. The predicted molar refractivity (Wildman–Crippen MR) is 102 cm³/mol. The normalized spacial score (nSPS) is 11.4. The molecule has 6 heteroatoms. The number of thiophene rings is 1. The number of hydrogen-bond acceptors (Lipinski definition) is 4. The minimum absolute atomic E-state index is 0.166. The van der Waals surface area contributed by atoms with Crippen molar-refractivity contribution in [3.63, 3.8) is 0 Å². The molecule has 1 amide bonds. The fourth-order valence-electron chi connectivity index (χ4n) is 2.45. The fraction of sp³-hybridized carbons (Fsp3) is 0.100. The van der Waals surface area contributed by atoms with Gasteiger partial charge in [-0.1, -0.05) is 48.0 Å². The Hall–Kier alpha value is -2.81. The summed E-state index contributed by atoms with van der Waals surface area (Å²) in [4.78, 5) is 13.4. The second kappa shape index (κ2) is 8.52. The number of carbonyl (C=O) groups excluding carboxylic acids is 1. The number of carbonyl (C=O) groups is 1. The molecule has 0 saturated carbocycles. The number of halogens is 1. The summed E-state index contributed by atoms with van der Waals surface area (Å²) in [6.45, 7) is -0.166. The van der Waals surface area contributed by atoms with Crippen LogP contribution in [0.25, 0.3) is 0 Å². The molecule has 1 N–H and O–H groups in total. The van der Waals surface area contributed by atoms with Gasteiger partial charge >= 0.3 is 0 Å². The number of benzene rings is 2. The molecule has 1 aromatic heterocycles. The molecule has 0 aliphatic heterocycles. The zero-order chi connectivity index (χ0) is 18.4. The third-order valence-corrected chi connectivity index (χ3v) is 4.92. The van der Waals surface area contributed by atoms with Crippen molar-refractivity contribution in [2.75, 3.05) is 6.61 Å². The smallest absolute Gasteiger partial charge is 0.258 e. The van der Waals surface area contributed by atoms with Crippen LogP contribution in [0.5, 0.6) is 5.75 Å². The van der Waals surface area contributed by atoms with Crippen LogP contribution in [-0.4, -0.2) is 12.5 Å². The van der Waals surface area contributed by atoms with E-state index in [4.69, 9.17) is 21.6 Å². The minimum atomic E-state index is -0.257. The number of ether oxygens (including phenoxy) is 1. The maximum Gasteiger partial charge on any atom is 0.258 e. The number of rotatable bonds is 6. The first kappa shape index (κ1) is 18.0. The van der Waals surface area contributed by atoms with Crippen LogP contribution < -0.4 is 10.1 Å². The molecular formula is C20H15ClN2O2S. The number of hydrogen-bond donors (Lipinski definition) is 1. The molecule has 0 saturated heterocycles. The first-order valence-corrected chi connectivity index (χ1v) is 9.13. The van der Waals surface area contributed by atoms with Crippen LogP contribution in [0, 0.1) is 11.3 Å². The highest BCUT2D eigenvalue weighted by molar-refractivity contribution is 7.10. The van der Waals surface area contributed by atoms with E-state index in [9.17, 15) is 4.79 Å². The van der Waals surface area contributed by atoms with Gasteiger partial charge in [0.2, 0.25) is 0 Å². The second-order valence-electron chi connectivity index (χ2n) is 5.47. The Morgan fingerprint density at radius 2 is 2.00 bits per heavy atom. The highest BCUT2D eigenvalue weighted by Gasteiger charge is 2.18. The van der Waals surface area contributed by atoms with Crippen molar-refractivity contribution in [2.24, 2.45) is 0 Å². The molecule has 0 bridgehead atoms. The second-order valence-corrected chi connectivity index (χ2v) is 6.86. The van der Waals surface area contributed by atoms with Gasteiger partial charge in [0, 0.05) is 4.88 Å². The van der Waals surface area contributed by atoms with Gasteiger partial charge < -0.3 is 10.1 Å². The summed E-state index contributed by atoms with van der Waals surface area (Å²) in [5, 5.41) is 14.1. The van der Waals surface area contributed by atoms with Gasteiger partial charge in [-0.3, -0.25) is 4.79 Å². The van der Waals surface area contributed by atoms with Gasteiger partial charge in [0.25, 0.3) is 5.91 Å². The Labute approximate surface area is 160 Å². The van der Waals surface area contributed by atoms with E-state index in [1.165, 1.54) is 6.07 Å². The van der Waals surface area contributed by atoms with Gasteiger partial charge in [-0.15, -0.1) is 11.3 Å². The Bertz CT molecular complexity index is 921. The number of nitrogens with one attached hydrogen (secondary N) is 1. The summed E-state index contributed by atoms with van der Waals surface area (Å²) in [5.74, 6) is 0.112. The molecule has 26 heavy (non-hydrogen) atoms. The summed E-state index contributed by atoms with van der Waals surface area (Å²) in [5.41, 5.74) is 1.44. The third kappa shape index (κ3) is 4.42. The van der Waals surface area contributed by atoms with Gasteiger partial charge in [0.1, 0.15) is 5.75 Å². The molecule has 3 rings (SSSR count).